The summed E-state index contributed by atoms with van der Waals surface area (Å²) < 4.78 is 40.4. The van der Waals surface area contributed by atoms with E-state index in [-0.39, 0.29) is 11.1 Å². The van der Waals surface area contributed by atoms with Gasteiger partial charge in [0.15, 0.2) is 0 Å². The van der Waals surface area contributed by atoms with Gasteiger partial charge in [-0.2, -0.15) is 23.7 Å². The second kappa shape index (κ2) is 9.28. The lowest BCUT2D eigenvalue weighted by molar-refractivity contribution is -0.137. The SMILES string of the molecule is CC(NC(=O)c1cc(C(F)(F)F)cc(C(C)(C)C#N)c1)c1nccnc1-c1ccc(C#N)cn1. The van der Waals surface area contributed by atoms with Gasteiger partial charge in [0.05, 0.1) is 40.0 Å². The van der Waals surface area contributed by atoms with Crippen molar-refractivity contribution in [1.82, 2.24) is 20.3 Å². The molecule has 172 valence electrons. The van der Waals surface area contributed by atoms with E-state index >= 15 is 0 Å². The average molecular weight is 464 g/mol. The summed E-state index contributed by atoms with van der Waals surface area (Å²) in [6.45, 7) is 4.56. The number of pyridine rings is 1. The fraction of sp³-hybridized carbons (Fsp3) is 0.250. The Morgan fingerprint density at radius 3 is 2.29 bits per heavy atom. The van der Waals surface area contributed by atoms with E-state index in [2.05, 4.69) is 20.3 Å². The van der Waals surface area contributed by atoms with Gasteiger partial charge >= 0.3 is 6.18 Å². The zero-order chi connectivity index (χ0) is 25.1. The number of halogens is 3. The van der Waals surface area contributed by atoms with E-state index in [1.165, 1.54) is 38.5 Å². The first-order valence-electron chi connectivity index (χ1n) is 10.1. The quantitative estimate of drug-likeness (QED) is 0.584. The van der Waals surface area contributed by atoms with E-state index in [1.54, 1.807) is 19.1 Å². The van der Waals surface area contributed by atoms with Gasteiger partial charge in [-0.25, -0.2) is 0 Å². The Morgan fingerprint density at radius 1 is 1.03 bits per heavy atom. The molecule has 10 heteroatoms. The average Bonchev–Trinajstić information content (AvgIpc) is 2.83. The summed E-state index contributed by atoms with van der Waals surface area (Å²) in [7, 11) is 0. The number of nitrogens with one attached hydrogen (secondary N) is 1. The van der Waals surface area contributed by atoms with Crippen molar-refractivity contribution in [3.63, 3.8) is 0 Å². The molecule has 0 bridgehead atoms. The molecule has 1 atom stereocenters. The van der Waals surface area contributed by atoms with Crippen molar-refractivity contribution in [3.05, 3.63) is 76.9 Å². The minimum Gasteiger partial charge on any atom is -0.344 e. The Morgan fingerprint density at radius 2 is 1.71 bits per heavy atom. The first-order valence-corrected chi connectivity index (χ1v) is 10.1. The minimum atomic E-state index is -4.69. The molecule has 0 aliphatic heterocycles. The predicted molar refractivity (Wildman–Crippen MR) is 116 cm³/mol. The maximum atomic E-state index is 13.5. The standard InChI is InChI=1S/C24H19F3N6O/c1-14(20-21(31-7-6-30-20)19-5-4-15(11-28)12-32-19)33-22(34)16-8-17(23(2,3)13-29)10-18(9-16)24(25,26)27/h4-10,12,14H,1-3H3,(H,33,34). The molecule has 2 aromatic heterocycles. The van der Waals surface area contributed by atoms with E-state index in [1.807, 2.05) is 12.1 Å². The molecule has 7 nitrogen and oxygen atoms in total. The Bertz CT molecular complexity index is 1300. The minimum absolute atomic E-state index is 0.0737. The number of aromatic nitrogens is 3. The number of nitrogens with zero attached hydrogens (tertiary/aromatic N) is 5. The van der Waals surface area contributed by atoms with Crippen LogP contribution >= 0.6 is 0 Å². The van der Waals surface area contributed by atoms with E-state index < -0.39 is 29.1 Å². The molecule has 34 heavy (non-hydrogen) atoms. The molecule has 0 fully saturated rings. The number of nitriles is 2. The topological polar surface area (TPSA) is 115 Å². The van der Waals surface area contributed by atoms with Crippen LogP contribution < -0.4 is 5.32 Å². The molecular formula is C24H19F3N6O. The fourth-order valence-corrected chi connectivity index (χ4v) is 3.16. The number of hydrogen-bond acceptors (Lipinski definition) is 6. The van der Waals surface area contributed by atoms with Crippen LogP contribution in [0.1, 0.15) is 59.6 Å². The smallest absolute Gasteiger partial charge is 0.344 e. The van der Waals surface area contributed by atoms with Gasteiger partial charge in [-0.1, -0.05) is 0 Å². The lowest BCUT2D eigenvalue weighted by atomic mass is 9.84. The van der Waals surface area contributed by atoms with Gasteiger partial charge < -0.3 is 5.32 Å². The van der Waals surface area contributed by atoms with Crippen LogP contribution in [0, 0.1) is 22.7 Å². The van der Waals surface area contributed by atoms with Crippen molar-refractivity contribution in [1.29, 1.82) is 10.5 Å². The summed E-state index contributed by atoms with van der Waals surface area (Å²) in [5.74, 6) is -0.766. The predicted octanol–water partition coefficient (Wildman–Crippen LogP) is 4.72. The molecule has 3 aromatic rings. The molecule has 1 N–H and O–H groups in total. The van der Waals surface area contributed by atoms with Crippen LogP contribution in [-0.2, 0) is 11.6 Å². The van der Waals surface area contributed by atoms with Crippen LogP contribution in [0.4, 0.5) is 13.2 Å². The first-order chi connectivity index (χ1) is 16.0. The van der Waals surface area contributed by atoms with Crippen LogP contribution in [-0.4, -0.2) is 20.9 Å². The number of carbonyl (C=O) groups is 1. The van der Waals surface area contributed by atoms with Gasteiger partial charge in [-0.3, -0.25) is 19.7 Å². The number of amides is 1. The molecule has 0 aliphatic rings. The third-order valence-corrected chi connectivity index (χ3v) is 5.14. The van der Waals surface area contributed by atoms with Crippen LogP contribution in [0.2, 0.25) is 0 Å². The summed E-state index contributed by atoms with van der Waals surface area (Å²) in [4.78, 5) is 25.7. The van der Waals surface area contributed by atoms with Gasteiger partial charge in [0.2, 0.25) is 0 Å². The summed E-state index contributed by atoms with van der Waals surface area (Å²) >= 11 is 0. The zero-order valence-electron chi connectivity index (χ0n) is 18.5. The van der Waals surface area contributed by atoms with E-state index in [0.717, 1.165) is 12.1 Å². The summed E-state index contributed by atoms with van der Waals surface area (Å²) in [6.07, 6.45) is -0.459. The number of benzene rings is 1. The number of carbonyl (C=O) groups excluding carboxylic acids is 1. The second-order valence-corrected chi connectivity index (χ2v) is 8.06. The summed E-state index contributed by atoms with van der Waals surface area (Å²) in [6, 6.07) is 9.23. The molecule has 0 saturated heterocycles. The van der Waals surface area contributed by atoms with E-state index in [4.69, 9.17) is 5.26 Å². The van der Waals surface area contributed by atoms with Crippen molar-refractivity contribution in [2.45, 2.75) is 38.4 Å². The largest absolute Gasteiger partial charge is 0.416 e. The number of alkyl halides is 3. The summed E-state index contributed by atoms with van der Waals surface area (Å²) in [5.41, 5.74) is -0.940. The zero-order valence-corrected chi connectivity index (χ0v) is 18.5. The van der Waals surface area contributed by atoms with E-state index in [0.29, 0.717) is 22.6 Å². The van der Waals surface area contributed by atoms with Gasteiger partial charge in [0.25, 0.3) is 5.91 Å². The van der Waals surface area contributed by atoms with Gasteiger partial charge in [0, 0.05) is 24.2 Å². The molecule has 1 unspecified atom stereocenters. The fourth-order valence-electron chi connectivity index (χ4n) is 3.16. The lowest BCUT2D eigenvalue weighted by Gasteiger charge is -2.20. The summed E-state index contributed by atoms with van der Waals surface area (Å²) in [5, 5.41) is 21.0. The van der Waals surface area contributed by atoms with Gasteiger partial charge in [-0.05, 0) is 56.7 Å². The number of rotatable bonds is 5. The van der Waals surface area contributed by atoms with Gasteiger partial charge in [0.1, 0.15) is 11.8 Å². The van der Waals surface area contributed by atoms with Crippen LogP contribution in [0.25, 0.3) is 11.4 Å². The molecule has 2 heterocycles. The van der Waals surface area contributed by atoms with Crippen LogP contribution in [0.5, 0.6) is 0 Å². The molecule has 3 rings (SSSR count). The van der Waals surface area contributed by atoms with Crippen molar-refractivity contribution in [3.8, 4) is 23.5 Å². The highest BCUT2D eigenvalue weighted by Gasteiger charge is 2.34. The Balaban J connectivity index is 1.96. The maximum Gasteiger partial charge on any atom is 0.416 e. The lowest BCUT2D eigenvalue weighted by Crippen LogP contribution is -2.29. The third-order valence-electron chi connectivity index (χ3n) is 5.14. The van der Waals surface area contributed by atoms with Crippen molar-refractivity contribution >= 4 is 5.91 Å². The normalized spacial score (nSPS) is 12.4. The monoisotopic (exact) mass is 464 g/mol. The molecular weight excluding hydrogens is 445 g/mol. The first kappa shape index (κ1) is 24.3. The number of hydrogen-bond donors (Lipinski definition) is 1. The molecule has 0 radical (unpaired) electrons. The maximum absolute atomic E-state index is 13.5. The molecule has 0 spiro atoms. The third kappa shape index (κ3) is 5.18. The van der Waals surface area contributed by atoms with E-state index in [9.17, 15) is 23.2 Å². The Hall–Kier alpha value is -4.31. The van der Waals surface area contributed by atoms with Crippen molar-refractivity contribution < 1.29 is 18.0 Å². The van der Waals surface area contributed by atoms with Crippen LogP contribution in [0.15, 0.2) is 48.9 Å². The van der Waals surface area contributed by atoms with Crippen LogP contribution in [0.3, 0.4) is 0 Å². The highest BCUT2D eigenvalue weighted by Crippen LogP contribution is 2.34. The second-order valence-electron chi connectivity index (χ2n) is 8.06. The molecule has 1 aromatic carbocycles. The van der Waals surface area contributed by atoms with Gasteiger partial charge in [-0.15, -0.1) is 0 Å². The molecule has 1 amide bonds. The highest BCUT2D eigenvalue weighted by atomic mass is 19.4. The Kier molecular flexibility index (Phi) is 6.64. The molecule has 0 aliphatic carbocycles. The highest BCUT2D eigenvalue weighted by molar-refractivity contribution is 5.95. The van der Waals surface area contributed by atoms with Crippen molar-refractivity contribution in [2.75, 3.05) is 0 Å². The van der Waals surface area contributed by atoms with Crippen molar-refractivity contribution in [2.24, 2.45) is 0 Å². The molecule has 0 saturated carbocycles. The Labute approximate surface area is 193 Å².